The topological polar surface area (TPSA) is 102 Å². The standard InChI is InChI=1S/C17H18FNO6S2/c1-24-12-4-8-15(9-5-12)27(22,23)19-16(18)11-26-14-6-2-13(3-7-14)25-10-17(20)21/h2-9,16,19H,10-11H2,1H3,(H,20,21). The number of aliphatic carboxylic acids is 1. The number of thioether (sulfide) groups is 1. The van der Waals surface area contributed by atoms with Crippen molar-refractivity contribution in [3.05, 3.63) is 48.5 Å². The number of methoxy groups -OCH3 is 1. The molecule has 0 saturated carbocycles. The van der Waals surface area contributed by atoms with Crippen LogP contribution in [0.15, 0.2) is 58.3 Å². The van der Waals surface area contributed by atoms with E-state index in [-0.39, 0.29) is 10.6 Å². The zero-order chi connectivity index (χ0) is 19.9. The van der Waals surface area contributed by atoms with Gasteiger partial charge in [-0.05, 0) is 48.5 Å². The Kier molecular flexibility index (Phi) is 7.45. The molecule has 0 aliphatic carbocycles. The van der Waals surface area contributed by atoms with E-state index in [1.54, 1.807) is 24.3 Å². The Morgan fingerprint density at radius 1 is 1.15 bits per heavy atom. The molecule has 2 rings (SSSR count). The van der Waals surface area contributed by atoms with Crippen LogP contribution in [0.4, 0.5) is 4.39 Å². The number of nitrogens with one attached hydrogen (secondary N) is 1. The maximum Gasteiger partial charge on any atom is 0.341 e. The number of halogens is 1. The van der Waals surface area contributed by atoms with Gasteiger partial charge in [0.25, 0.3) is 0 Å². The van der Waals surface area contributed by atoms with Crippen molar-refractivity contribution < 1.29 is 32.2 Å². The van der Waals surface area contributed by atoms with Gasteiger partial charge in [0.15, 0.2) is 12.9 Å². The zero-order valence-corrected chi connectivity index (χ0v) is 15.9. The van der Waals surface area contributed by atoms with E-state index in [1.807, 2.05) is 4.72 Å². The van der Waals surface area contributed by atoms with Gasteiger partial charge in [-0.3, -0.25) is 0 Å². The molecule has 0 aliphatic rings. The molecule has 1 atom stereocenters. The summed E-state index contributed by atoms with van der Waals surface area (Å²) in [5, 5.41) is 8.54. The molecule has 0 bridgehead atoms. The molecule has 27 heavy (non-hydrogen) atoms. The minimum Gasteiger partial charge on any atom is -0.497 e. The molecule has 2 aromatic carbocycles. The van der Waals surface area contributed by atoms with Gasteiger partial charge in [-0.1, -0.05) is 0 Å². The number of rotatable bonds is 10. The van der Waals surface area contributed by atoms with Gasteiger partial charge in [0, 0.05) is 10.6 Å². The summed E-state index contributed by atoms with van der Waals surface area (Å²) in [4.78, 5) is 11.1. The van der Waals surface area contributed by atoms with Crippen molar-refractivity contribution in [3.8, 4) is 11.5 Å². The first-order chi connectivity index (χ1) is 12.8. The van der Waals surface area contributed by atoms with E-state index >= 15 is 0 Å². The maximum absolute atomic E-state index is 14.1. The first-order valence-electron chi connectivity index (χ1n) is 7.68. The summed E-state index contributed by atoms with van der Waals surface area (Å²) < 4.78 is 50.3. The van der Waals surface area contributed by atoms with E-state index in [2.05, 4.69) is 0 Å². The Balaban J connectivity index is 1.87. The highest BCUT2D eigenvalue weighted by molar-refractivity contribution is 7.99. The van der Waals surface area contributed by atoms with E-state index < -0.39 is 28.9 Å². The van der Waals surface area contributed by atoms with E-state index in [9.17, 15) is 17.6 Å². The molecule has 2 N–H and O–H groups in total. The average Bonchev–Trinajstić information content (AvgIpc) is 2.65. The summed E-state index contributed by atoms with van der Waals surface area (Å²) in [6, 6.07) is 12.0. The molecule has 0 aromatic heterocycles. The van der Waals surface area contributed by atoms with E-state index in [4.69, 9.17) is 14.6 Å². The fourth-order valence-corrected chi connectivity index (χ4v) is 3.88. The van der Waals surface area contributed by atoms with Crippen LogP contribution in [0, 0.1) is 0 Å². The van der Waals surface area contributed by atoms with Crippen molar-refractivity contribution in [3.63, 3.8) is 0 Å². The van der Waals surface area contributed by atoms with Crippen molar-refractivity contribution in [1.29, 1.82) is 0 Å². The molecule has 146 valence electrons. The number of carbonyl (C=O) groups is 1. The number of sulfonamides is 1. The van der Waals surface area contributed by atoms with Crippen LogP contribution >= 0.6 is 11.8 Å². The monoisotopic (exact) mass is 415 g/mol. The van der Waals surface area contributed by atoms with Crippen molar-refractivity contribution in [2.75, 3.05) is 19.5 Å². The highest BCUT2D eigenvalue weighted by Crippen LogP contribution is 2.23. The number of carboxylic acids is 1. The molecule has 10 heteroatoms. The van der Waals surface area contributed by atoms with Gasteiger partial charge in [0.1, 0.15) is 11.5 Å². The fourth-order valence-electron chi connectivity index (χ4n) is 1.97. The van der Waals surface area contributed by atoms with Crippen molar-refractivity contribution >= 4 is 27.8 Å². The lowest BCUT2D eigenvalue weighted by Gasteiger charge is -2.12. The minimum atomic E-state index is -3.98. The van der Waals surface area contributed by atoms with Crippen LogP contribution in [-0.4, -0.2) is 45.3 Å². The summed E-state index contributed by atoms with van der Waals surface area (Å²) in [7, 11) is -2.52. The molecule has 0 spiro atoms. The lowest BCUT2D eigenvalue weighted by Crippen LogP contribution is -2.33. The van der Waals surface area contributed by atoms with Crippen LogP contribution in [0.25, 0.3) is 0 Å². The zero-order valence-electron chi connectivity index (χ0n) is 14.3. The summed E-state index contributed by atoms with van der Waals surface area (Å²) in [5.74, 6) is -0.348. The number of carboxylic acid groups (broad SMARTS) is 1. The first kappa shape index (κ1) is 21.0. The Morgan fingerprint density at radius 2 is 1.74 bits per heavy atom. The van der Waals surface area contributed by atoms with Crippen molar-refractivity contribution in [2.24, 2.45) is 0 Å². The van der Waals surface area contributed by atoms with Gasteiger partial charge in [-0.15, -0.1) is 11.8 Å². The first-order valence-corrected chi connectivity index (χ1v) is 10.1. The lowest BCUT2D eigenvalue weighted by molar-refractivity contribution is -0.139. The molecule has 1 unspecified atom stereocenters. The number of alkyl halides is 1. The third kappa shape index (κ3) is 6.74. The molecule has 2 aromatic rings. The molecule has 0 saturated heterocycles. The summed E-state index contributed by atoms with van der Waals surface area (Å²) in [6.45, 7) is -0.452. The van der Waals surface area contributed by atoms with Crippen molar-refractivity contribution in [1.82, 2.24) is 4.72 Å². The number of hydrogen-bond donors (Lipinski definition) is 2. The summed E-state index contributed by atoms with van der Waals surface area (Å²) >= 11 is 1.11. The van der Waals surface area contributed by atoms with Crippen LogP contribution in [-0.2, 0) is 14.8 Å². The Labute approximate surface area is 160 Å². The van der Waals surface area contributed by atoms with Gasteiger partial charge in [0.05, 0.1) is 12.0 Å². The normalized spacial score (nSPS) is 12.4. The summed E-state index contributed by atoms with van der Waals surface area (Å²) in [5.41, 5.74) is 0. The second-order valence-corrected chi connectivity index (χ2v) is 8.04. The van der Waals surface area contributed by atoms with Crippen molar-refractivity contribution in [2.45, 2.75) is 16.1 Å². The van der Waals surface area contributed by atoms with Gasteiger partial charge < -0.3 is 14.6 Å². The maximum atomic E-state index is 14.1. The van der Waals surface area contributed by atoms with E-state index in [0.29, 0.717) is 16.4 Å². The minimum absolute atomic E-state index is 0.0594. The third-order valence-electron chi connectivity index (χ3n) is 3.24. The molecule has 0 radical (unpaired) electrons. The number of ether oxygens (including phenoxy) is 2. The second kappa shape index (κ2) is 9.58. The van der Waals surface area contributed by atoms with Crippen LogP contribution in [0.1, 0.15) is 0 Å². The molecular formula is C17H18FNO6S2. The number of benzene rings is 2. The molecular weight excluding hydrogens is 397 g/mol. The fraction of sp³-hybridized carbons (Fsp3) is 0.235. The molecule has 7 nitrogen and oxygen atoms in total. The quantitative estimate of drug-likeness (QED) is 0.454. The largest absolute Gasteiger partial charge is 0.497 e. The second-order valence-electron chi connectivity index (χ2n) is 5.23. The Hall–Kier alpha value is -2.30. The van der Waals surface area contributed by atoms with Gasteiger partial charge in [-0.25, -0.2) is 17.6 Å². The van der Waals surface area contributed by atoms with Crippen LogP contribution < -0.4 is 14.2 Å². The predicted molar refractivity (Wildman–Crippen MR) is 98.5 cm³/mol. The molecule has 0 heterocycles. The van der Waals surface area contributed by atoms with E-state index in [0.717, 1.165) is 11.8 Å². The van der Waals surface area contributed by atoms with E-state index in [1.165, 1.54) is 31.4 Å². The Bertz CT molecular complexity index is 856. The average molecular weight is 415 g/mol. The smallest absolute Gasteiger partial charge is 0.341 e. The predicted octanol–water partition coefficient (Wildman–Crippen LogP) is 2.52. The van der Waals surface area contributed by atoms with Gasteiger partial charge in [0.2, 0.25) is 10.0 Å². The SMILES string of the molecule is COc1ccc(S(=O)(=O)NC(F)CSc2ccc(OCC(=O)O)cc2)cc1. The van der Waals surface area contributed by atoms with Gasteiger partial charge >= 0.3 is 5.97 Å². The third-order valence-corrected chi connectivity index (χ3v) is 5.76. The highest BCUT2D eigenvalue weighted by Gasteiger charge is 2.19. The van der Waals surface area contributed by atoms with Crippen LogP contribution in [0.2, 0.25) is 0 Å². The summed E-state index contributed by atoms with van der Waals surface area (Å²) in [6.07, 6.45) is -1.79. The van der Waals surface area contributed by atoms with Crippen LogP contribution in [0.5, 0.6) is 11.5 Å². The van der Waals surface area contributed by atoms with Gasteiger partial charge in [-0.2, -0.15) is 4.72 Å². The van der Waals surface area contributed by atoms with Crippen LogP contribution in [0.3, 0.4) is 0 Å². The Morgan fingerprint density at radius 3 is 2.30 bits per heavy atom. The molecule has 0 amide bonds. The molecule has 0 aliphatic heterocycles. The lowest BCUT2D eigenvalue weighted by atomic mass is 10.3. The number of hydrogen-bond acceptors (Lipinski definition) is 6. The molecule has 0 fully saturated rings. The highest BCUT2D eigenvalue weighted by atomic mass is 32.2.